The van der Waals surface area contributed by atoms with Crippen LogP contribution in [-0.2, 0) is 0 Å². The van der Waals surface area contributed by atoms with Gasteiger partial charge in [-0.2, -0.15) is 0 Å². The molecule has 0 saturated heterocycles. The first kappa shape index (κ1) is 29.5. The summed E-state index contributed by atoms with van der Waals surface area (Å²) in [5, 5.41) is 33.3. The van der Waals surface area contributed by atoms with Crippen molar-refractivity contribution in [1.82, 2.24) is 0 Å². The first-order valence-electron chi connectivity index (χ1n) is 1.22. The standard InChI is InChI=1S/2CH2O3.Mg.2Na/c2*2-1(3)4;;;/h2*(H2,2,3,4);;;/q;;+2;2*+1/p-4. The van der Waals surface area contributed by atoms with Gasteiger partial charge in [0.15, 0.2) is 0 Å². The Bertz CT molecular complexity index is 76.6. The Kier molecular flexibility index (Phi) is 60.3. The Labute approximate surface area is 123 Å². The number of carbonyl (C=O) groups is 2. The van der Waals surface area contributed by atoms with Crippen molar-refractivity contribution in [2.24, 2.45) is 0 Å². The van der Waals surface area contributed by atoms with Gasteiger partial charge in [-0.05, 0) is 12.3 Å². The number of carboxylic acid groups (broad SMARTS) is 4. The Balaban J connectivity index is -0.0000000171. The number of rotatable bonds is 0. The minimum Gasteiger partial charge on any atom is -0.652 e. The summed E-state index contributed by atoms with van der Waals surface area (Å²) in [6.45, 7) is 0. The molecule has 0 saturated carbocycles. The molecule has 0 amide bonds. The summed E-state index contributed by atoms with van der Waals surface area (Å²) >= 11 is 0. The van der Waals surface area contributed by atoms with E-state index in [0.717, 1.165) is 0 Å². The van der Waals surface area contributed by atoms with Crippen LogP contribution in [0.2, 0.25) is 0 Å². The third-order valence-corrected chi connectivity index (χ3v) is 0. The maximum absolute atomic E-state index is 8.33. The topological polar surface area (TPSA) is 126 Å². The van der Waals surface area contributed by atoms with Crippen LogP contribution in [-0.4, -0.2) is 35.4 Å². The quantitative estimate of drug-likeness (QED) is 0.349. The third-order valence-electron chi connectivity index (χ3n) is 0. The van der Waals surface area contributed by atoms with Gasteiger partial charge in [0.05, 0.1) is 0 Å². The van der Waals surface area contributed by atoms with Crippen LogP contribution in [0.4, 0.5) is 9.59 Å². The van der Waals surface area contributed by atoms with Gasteiger partial charge in [-0.3, -0.25) is 0 Å². The van der Waals surface area contributed by atoms with Crippen LogP contribution < -0.4 is 79.5 Å². The fourth-order valence-electron chi connectivity index (χ4n) is 0. The van der Waals surface area contributed by atoms with E-state index in [2.05, 4.69) is 0 Å². The molecule has 0 aliphatic carbocycles. The predicted molar refractivity (Wildman–Crippen MR) is 16.5 cm³/mol. The summed E-state index contributed by atoms with van der Waals surface area (Å²) in [6, 6.07) is 0. The Hall–Kier alpha value is 1.31. The first-order chi connectivity index (χ1) is 3.46. The van der Waals surface area contributed by atoms with E-state index in [0.29, 0.717) is 0 Å². The zero-order chi connectivity index (χ0) is 7.15. The molecule has 0 aromatic rings. The van der Waals surface area contributed by atoms with E-state index >= 15 is 0 Å². The van der Waals surface area contributed by atoms with Gasteiger partial charge < -0.3 is 30.0 Å². The van der Waals surface area contributed by atoms with Crippen LogP contribution in [0.25, 0.3) is 0 Å². The number of carbonyl (C=O) groups excluding carboxylic acids is 2. The average Bonchev–Trinajstić information content (AvgIpc) is 1.25. The summed E-state index contributed by atoms with van der Waals surface area (Å²) in [5.41, 5.74) is 0. The molecule has 0 atom stereocenters. The normalized spacial score (nSPS) is 4.36. The van der Waals surface area contributed by atoms with Crippen molar-refractivity contribution in [3.8, 4) is 0 Å². The molecule has 0 fully saturated rings. The van der Waals surface area contributed by atoms with Crippen LogP contribution in [0.3, 0.4) is 0 Å². The monoisotopic (exact) mass is 190 g/mol. The summed E-state index contributed by atoms with van der Waals surface area (Å²) in [6.07, 6.45) is -4.67. The third kappa shape index (κ3) is 574. The van der Waals surface area contributed by atoms with Crippen LogP contribution in [0.15, 0.2) is 0 Å². The summed E-state index contributed by atoms with van der Waals surface area (Å²) in [7, 11) is 0. The summed E-state index contributed by atoms with van der Waals surface area (Å²) in [4.78, 5) is 16.7. The molecule has 0 aliphatic rings. The van der Waals surface area contributed by atoms with Gasteiger partial charge in [0.2, 0.25) is 0 Å². The molecule has 0 aromatic carbocycles. The molecule has 0 unspecified atom stereocenters. The fourth-order valence-corrected chi connectivity index (χ4v) is 0. The van der Waals surface area contributed by atoms with Gasteiger partial charge in [-0.25, -0.2) is 0 Å². The minimum absolute atomic E-state index is 0. The van der Waals surface area contributed by atoms with E-state index in [1.165, 1.54) is 0 Å². The average molecular weight is 190 g/mol. The van der Waals surface area contributed by atoms with E-state index < -0.39 is 12.3 Å². The van der Waals surface area contributed by atoms with Gasteiger partial charge in [0.25, 0.3) is 0 Å². The summed E-state index contributed by atoms with van der Waals surface area (Å²) in [5.74, 6) is 0. The van der Waals surface area contributed by atoms with Crippen molar-refractivity contribution in [3.05, 3.63) is 0 Å². The molecule has 9 heteroatoms. The van der Waals surface area contributed by atoms with Crippen molar-refractivity contribution in [1.29, 1.82) is 0 Å². The molecular formula is C2MgNa2O6. The van der Waals surface area contributed by atoms with Gasteiger partial charge in [-0.15, -0.1) is 0 Å². The van der Waals surface area contributed by atoms with Crippen molar-refractivity contribution < 1.29 is 89.1 Å². The second-order valence-electron chi connectivity index (χ2n) is 0.500. The van der Waals surface area contributed by atoms with Crippen LogP contribution in [0.5, 0.6) is 0 Å². The molecule has 0 N–H and O–H groups in total. The van der Waals surface area contributed by atoms with Crippen molar-refractivity contribution in [2.45, 2.75) is 0 Å². The van der Waals surface area contributed by atoms with Crippen LogP contribution in [0, 0.1) is 0 Å². The molecule has 0 heterocycles. The summed E-state index contributed by atoms with van der Waals surface area (Å²) < 4.78 is 0. The Morgan fingerprint density at radius 3 is 0.727 bits per heavy atom. The molecule has 0 aliphatic heterocycles. The Morgan fingerprint density at radius 2 is 0.727 bits per heavy atom. The molecule has 0 bridgehead atoms. The van der Waals surface area contributed by atoms with Gasteiger partial charge in [0.1, 0.15) is 0 Å². The first-order valence-corrected chi connectivity index (χ1v) is 1.22. The van der Waals surface area contributed by atoms with Gasteiger partial charge >= 0.3 is 82.2 Å². The number of hydrogen-bond acceptors (Lipinski definition) is 6. The fraction of sp³-hybridized carbons (Fsp3) is 0. The second kappa shape index (κ2) is 22.5. The van der Waals surface area contributed by atoms with E-state index in [-0.39, 0.29) is 82.2 Å². The molecule has 0 aromatic heterocycles. The van der Waals surface area contributed by atoms with E-state index in [1.807, 2.05) is 0 Å². The maximum atomic E-state index is 8.33. The number of hydrogen-bond donors (Lipinski definition) is 0. The molecule has 0 spiro atoms. The minimum atomic E-state index is -2.33. The largest absolute Gasteiger partial charge is 2.00 e. The molecule has 6 nitrogen and oxygen atoms in total. The maximum Gasteiger partial charge on any atom is 2.00 e. The zero-order valence-corrected chi connectivity index (χ0v) is 11.6. The molecule has 0 radical (unpaired) electrons. The molecule has 11 heavy (non-hydrogen) atoms. The van der Waals surface area contributed by atoms with Gasteiger partial charge in [0, 0.05) is 0 Å². The zero-order valence-electron chi connectivity index (χ0n) is 6.16. The Morgan fingerprint density at radius 1 is 0.727 bits per heavy atom. The van der Waals surface area contributed by atoms with Crippen molar-refractivity contribution in [2.75, 3.05) is 0 Å². The smallest absolute Gasteiger partial charge is 0.652 e. The van der Waals surface area contributed by atoms with Crippen LogP contribution >= 0.6 is 0 Å². The van der Waals surface area contributed by atoms with Crippen LogP contribution in [0.1, 0.15) is 0 Å². The molecular weight excluding hydrogens is 190 g/mol. The van der Waals surface area contributed by atoms with E-state index in [1.54, 1.807) is 0 Å². The molecule has 0 rings (SSSR count). The second-order valence-corrected chi connectivity index (χ2v) is 0.500. The van der Waals surface area contributed by atoms with E-state index in [4.69, 9.17) is 30.0 Å². The van der Waals surface area contributed by atoms with E-state index in [9.17, 15) is 0 Å². The van der Waals surface area contributed by atoms with Crippen molar-refractivity contribution in [3.63, 3.8) is 0 Å². The van der Waals surface area contributed by atoms with Gasteiger partial charge in [-0.1, -0.05) is 0 Å². The van der Waals surface area contributed by atoms with Crippen molar-refractivity contribution >= 4 is 35.4 Å². The SMILES string of the molecule is O=C([O-])[O-].O=C([O-])[O-].[Mg+2].[Na+].[Na+]. The molecule has 48 valence electrons. The predicted octanol–water partition coefficient (Wildman–Crippen LogP) is -11.3.